The first-order chi connectivity index (χ1) is 26.7. The number of hydrogen-bond acceptors (Lipinski definition) is 6. The fraction of sp³-hybridized carbons (Fsp3) is 1.00. The molecule has 0 aliphatic heterocycles. The minimum absolute atomic E-state index is 0.314. The zero-order chi connectivity index (χ0) is 42.0. The predicted molar refractivity (Wildman–Crippen MR) is 236 cm³/mol. The van der Waals surface area contributed by atoms with Crippen molar-refractivity contribution in [2.45, 2.75) is 220 Å². The minimum atomic E-state index is -4.26. The number of aliphatic hydroxyl groups is 2. The maximum absolute atomic E-state index is 11.6. The van der Waals surface area contributed by atoms with Crippen molar-refractivity contribution in [1.82, 2.24) is 0 Å². The predicted octanol–water partition coefficient (Wildman–Crippen LogP) is 10.1. The molecule has 0 aliphatic rings. The summed E-state index contributed by atoms with van der Waals surface area (Å²) in [5, 5.41) is 21.4. The van der Waals surface area contributed by atoms with Crippen LogP contribution in [0.25, 0.3) is 0 Å². The highest BCUT2D eigenvalue weighted by Gasteiger charge is 2.32. The average molecular weight is 843 g/mol. The van der Waals surface area contributed by atoms with Gasteiger partial charge >= 0.3 is 0 Å². The molecule has 10 nitrogen and oxygen atoms in total. The molecule has 0 saturated carbocycles. The molecule has 0 rings (SSSR count). The van der Waals surface area contributed by atoms with Gasteiger partial charge in [-0.15, -0.1) is 0 Å². The van der Waals surface area contributed by atoms with Crippen LogP contribution in [0.15, 0.2) is 0 Å². The third kappa shape index (κ3) is 33.5. The third-order valence-corrected chi connectivity index (χ3v) is 13.9. The molecule has 0 aromatic rings. The Morgan fingerprint density at radius 2 is 0.554 bits per heavy atom. The molecule has 0 spiro atoms. The van der Waals surface area contributed by atoms with Crippen LogP contribution in [0, 0.1) is 0 Å². The van der Waals surface area contributed by atoms with Gasteiger partial charge in [0, 0.05) is 0 Å². The lowest BCUT2D eigenvalue weighted by Gasteiger charge is -2.40. The first-order valence-corrected chi connectivity index (χ1v) is 26.8. The number of aliphatic hydroxyl groups excluding tert-OH is 2. The van der Waals surface area contributed by atoms with Crippen molar-refractivity contribution in [3.8, 4) is 0 Å². The van der Waals surface area contributed by atoms with Gasteiger partial charge in [0.15, 0.2) is 0 Å². The lowest BCUT2D eigenvalue weighted by molar-refractivity contribution is -0.930. The van der Waals surface area contributed by atoms with Crippen molar-refractivity contribution in [3.63, 3.8) is 0 Å². The normalized spacial score (nSPS) is 15.8. The van der Waals surface area contributed by atoms with Crippen LogP contribution in [0.4, 0.5) is 0 Å². The second-order valence-electron chi connectivity index (χ2n) is 17.6. The second-order valence-corrected chi connectivity index (χ2v) is 20.6. The summed E-state index contributed by atoms with van der Waals surface area (Å²) >= 11 is 0. The van der Waals surface area contributed by atoms with Gasteiger partial charge in [0.25, 0.3) is 20.2 Å². The molecule has 4 atom stereocenters. The number of unbranched alkanes of at least 4 members (excludes halogenated alkanes) is 25. The zero-order valence-electron chi connectivity index (χ0n) is 37.2. The van der Waals surface area contributed by atoms with E-state index in [1.54, 1.807) is 0 Å². The van der Waals surface area contributed by atoms with E-state index in [1.165, 1.54) is 128 Å². The summed E-state index contributed by atoms with van der Waals surface area (Å²) in [5.41, 5.74) is 0. The highest BCUT2D eigenvalue weighted by molar-refractivity contribution is 7.86. The smallest absolute Gasteiger partial charge is 0.267 e. The standard InChI is InChI=1S/C44H92N2O8S2/c1-5-9-11-13-15-17-19-21-23-25-27-31-35-45(7-3,39-43(47)41-55(49,50)51)37-33-29-30-34-38-46(8-4,40-44(48)42-56(52,53)54)36-32-28-26-24-22-20-18-16-14-12-10-6-2/h43-44,47-48H,5-42H2,1-4H3/p+2. The van der Waals surface area contributed by atoms with Crippen LogP contribution in [-0.2, 0) is 20.2 Å². The van der Waals surface area contributed by atoms with Gasteiger partial charge in [-0.2, -0.15) is 16.8 Å². The molecule has 0 aliphatic carbocycles. The molecule has 12 heteroatoms. The Morgan fingerprint density at radius 3 is 0.732 bits per heavy atom. The third-order valence-electron chi connectivity index (χ3n) is 12.3. The summed E-state index contributed by atoms with van der Waals surface area (Å²) in [5.74, 6) is -1.27. The lowest BCUT2D eigenvalue weighted by Crippen LogP contribution is -2.54. The molecule has 56 heavy (non-hydrogen) atoms. The molecule has 0 aromatic carbocycles. The van der Waals surface area contributed by atoms with E-state index >= 15 is 0 Å². The van der Waals surface area contributed by atoms with Crippen molar-refractivity contribution in [2.24, 2.45) is 0 Å². The molecule has 0 saturated heterocycles. The fourth-order valence-electron chi connectivity index (χ4n) is 8.79. The minimum Gasteiger partial charge on any atom is -0.386 e. The number of likely N-dealkylation sites (N-methyl/N-ethyl adjacent to an activating group) is 2. The maximum atomic E-state index is 11.6. The lowest BCUT2D eigenvalue weighted by atomic mass is 10.0. The van der Waals surface area contributed by atoms with Gasteiger partial charge in [-0.3, -0.25) is 9.11 Å². The number of rotatable bonds is 43. The Balaban J connectivity index is 5.02. The van der Waals surface area contributed by atoms with Gasteiger partial charge in [-0.25, -0.2) is 0 Å². The van der Waals surface area contributed by atoms with E-state index in [4.69, 9.17) is 0 Å². The van der Waals surface area contributed by atoms with Crippen molar-refractivity contribution < 1.29 is 45.1 Å². The number of nitrogens with zero attached hydrogens (tertiary/aromatic N) is 2. The summed E-state index contributed by atoms with van der Waals surface area (Å²) in [6.45, 7) is 14.4. The summed E-state index contributed by atoms with van der Waals surface area (Å²) in [6, 6.07) is 0. The summed E-state index contributed by atoms with van der Waals surface area (Å²) in [6.07, 6.45) is 32.1. The molecule has 4 unspecified atom stereocenters. The van der Waals surface area contributed by atoms with E-state index in [0.717, 1.165) is 90.6 Å². The van der Waals surface area contributed by atoms with Gasteiger partial charge in [-0.1, -0.05) is 142 Å². The number of quaternary nitrogens is 2. The Morgan fingerprint density at radius 1 is 0.357 bits per heavy atom. The first-order valence-electron chi connectivity index (χ1n) is 23.6. The van der Waals surface area contributed by atoms with Crippen LogP contribution in [0.2, 0.25) is 0 Å². The topological polar surface area (TPSA) is 149 Å². The monoisotopic (exact) mass is 843 g/mol. The van der Waals surface area contributed by atoms with E-state index in [2.05, 4.69) is 27.7 Å². The Hall–Kier alpha value is -0.340. The van der Waals surface area contributed by atoms with Crippen LogP contribution in [0.5, 0.6) is 0 Å². The van der Waals surface area contributed by atoms with E-state index in [-0.39, 0.29) is 0 Å². The van der Waals surface area contributed by atoms with Crippen LogP contribution >= 0.6 is 0 Å². The Labute approximate surface area is 347 Å². The van der Waals surface area contributed by atoms with E-state index < -0.39 is 43.9 Å². The number of hydrogen-bond donors (Lipinski definition) is 4. The average Bonchev–Trinajstić information content (AvgIpc) is 3.12. The maximum Gasteiger partial charge on any atom is 0.267 e. The van der Waals surface area contributed by atoms with Crippen molar-refractivity contribution in [1.29, 1.82) is 0 Å². The molecule has 0 amide bonds. The molecule has 4 N–H and O–H groups in total. The molecule has 0 heterocycles. The van der Waals surface area contributed by atoms with E-state index in [0.29, 0.717) is 22.1 Å². The van der Waals surface area contributed by atoms with E-state index in [1.807, 2.05) is 0 Å². The molecule has 0 fully saturated rings. The summed E-state index contributed by atoms with van der Waals surface area (Å²) in [4.78, 5) is 0. The molecule has 0 bridgehead atoms. The Bertz CT molecular complexity index is 1020. The summed E-state index contributed by atoms with van der Waals surface area (Å²) in [7, 11) is -8.53. The SMILES string of the molecule is CCCCCCCCCCCCCC[N+](CC)(CCCCCC[N+](CC)(CCCCCCCCCCCCCC)CC(O)CS(=O)(=O)O)CC(O)CS(=O)(=O)O. The quantitative estimate of drug-likeness (QED) is 0.0269. The van der Waals surface area contributed by atoms with Crippen LogP contribution in [-0.4, -0.2) is 121 Å². The fourth-order valence-corrected chi connectivity index (χ4v) is 9.97. The van der Waals surface area contributed by atoms with Crippen LogP contribution in [0.3, 0.4) is 0 Å². The molecule has 338 valence electrons. The van der Waals surface area contributed by atoms with Gasteiger partial charge in [0.1, 0.15) is 36.8 Å². The van der Waals surface area contributed by atoms with Crippen LogP contribution < -0.4 is 0 Å². The van der Waals surface area contributed by atoms with Gasteiger partial charge < -0.3 is 19.2 Å². The second kappa shape index (κ2) is 34.4. The molecule has 0 radical (unpaired) electrons. The van der Waals surface area contributed by atoms with Crippen molar-refractivity contribution in [3.05, 3.63) is 0 Å². The Kier molecular flexibility index (Phi) is 34.2. The van der Waals surface area contributed by atoms with E-state index in [9.17, 15) is 36.2 Å². The van der Waals surface area contributed by atoms with Crippen molar-refractivity contribution in [2.75, 3.05) is 63.9 Å². The zero-order valence-corrected chi connectivity index (χ0v) is 38.8. The molecular weight excluding hydrogens is 749 g/mol. The van der Waals surface area contributed by atoms with Crippen molar-refractivity contribution >= 4 is 20.2 Å². The first kappa shape index (κ1) is 55.7. The van der Waals surface area contributed by atoms with Gasteiger partial charge in [-0.05, 0) is 65.2 Å². The summed E-state index contributed by atoms with van der Waals surface area (Å²) < 4.78 is 66.4. The largest absolute Gasteiger partial charge is 0.386 e. The molecular formula is C44H94N2O8S2+2. The van der Waals surface area contributed by atoms with Crippen LogP contribution in [0.1, 0.15) is 207 Å². The highest BCUT2D eigenvalue weighted by Crippen LogP contribution is 2.20. The van der Waals surface area contributed by atoms with Gasteiger partial charge in [0.2, 0.25) is 0 Å². The molecule has 0 aromatic heterocycles. The van der Waals surface area contributed by atoms with Gasteiger partial charge in [0.05, 0.1) is 39.3 Å². The highest BCUT2D eigenvalue weighted by atomic mass is 32.2.